The smallest absolute Gasteiger partial charge is 0.299 e. The maximum Gasteiger partial charge on any atom is 0.299 e. The van der Waals surface area contributed by atoms with Crippen molar-refractivity contribution in [2.24, 2.45) is 0 Å². The van der Waals surface area contributed by atoms with Crippen molar-refractivity contribution in [1.29, 1.82) is 0 Å². The molecule has 16 heavy (non-hydrogen) atoms. The zero-order valence-corrected chi connectivity index (χ0v) is 9.11. The zero-order chi connectivity index (χ0) is 11.9. The second-order valence-electron chi connectivity index (χ2n) is 3.82. The SMILES string of the molecule is Cc1ccc2c(c1C)N(CC=O)C(=O)C2=O. The number of fused-ring (bicyclic) bond motifs is 1. The molecule has 0 radical (unpaired) electrons. The Hall–Kier alpha value is -1.97. The number of Topliss-reactive ketones (excluding diaryl/α,β-unsaturated/α-hetero) is 1. The van der Waals surface area contributed by atoms with Gasteiger partial charge in [-0.15, -0.1) is 0 Å². The van der Waals surface area contributed by atoms with E-state index in [0.717, 1.165) is 11.1 Å². The minimum Gasteiger partial charge on any atom is -0.301 e. The van der Waals surface area contributed by atoms with E-state index in [0.29, 0.717) is 17.5 Å². The Morgan fingerprint density at radius 3 is 2.56 bits per heavy atom. The van der Waals surface area contributed by atoms with Gasteiger partial charge < -0.3 is 4.79 Å². The van der Waals surface area contributed by atoms with Crippen LogP contribution in [0.2, 0.25) is 0 Å². The minimum absolute atomic E-state index is 0.0676. The maximum atomic E-state index is 11.6. The lowest BCUT2D eigenvalue weighted by Crippen LogP contribution is -2.31. The lowest BCUT2D eigenvalue weighted by Gasteiger charge is -2.16. The number of benzene rings is 1. The van der Waals surface area contributed by atoms with Crippen LogP contribution in [0, 0.1) is 13.8 Å². The summed E-state index contributed by atoms with van der Waals surface area (Å²) in [6, 6.07) is 3.45. The van der Waals surface area contributed by atoms with Gasteiger partial charge in [-0.25, -0.2) is 0 Å². The van der Waals surface area contributed by atoms with Crippen LogP contribution in [0.25, 0.3) is 0 Å². The van der Waals surface area contributed by atoms with Gasteiger partial charge in [0.05, 0.1) is 17.8 Å². The fourth-order valence-electron chi connectivity index (χ4n) is 1.92. The molecule has 2 rings (SSSR count). The molecule has 1 aliphatic heterocycles. The average Bonchev–Trinajstić information content (AvgIpc) is 2.50. The quantitative estimate of drug-likeness (QED) is 0.549. The number of ketones is 1. The lowest BCUT2D eigenvalue weighted by molar-refractivity contribution is -0.115. The summed E-state index contributed by atoms with van der Waals surface area (Å²) in [4.78, 5) is 35.0. The van der Waals surface area contributed by atoms with Gasteiger partial charge in [-0.3, -0.25) is 14.5 Å². The van der Waals surface area contributed by atoms with Crippen LogP contribution in [0.15, 0.2) is 12.1 Å². The van der Waals surface area contributed by atoms with Crippen LogP contribution in [0.3, 0.4) is 0 Å². The van der Waals surface area contributed by atoms with E-state index in [2.05, 4.69) is 0 Å². The van der Waals surface area contributed by atoms with Crippen molar-refractivity contribution in [2.45, 2.75) is 13.8 Å². The number of amides is 1. The fraction of sp³-hybridized carbons (Fsp3) is 0.250. The van der Waals surface area contributed by atoms with Crippen molar-refractivity contribution < 1.29 is 14.4 Å². The van der Waals surface area contributed by atoms with Gasteiger partial charge in [0.1, 0.15) is 6.29 Å². The number of hydrogen-bond donors (Lipinski definition) is 0. The molecule has 4 nitrogen and oxygen atoms in total. The van der Waals surface area contributed by atoms with E-state index in [1.165, 1.54) is 4.90 Å². The van der Waals surface area contributed by atoms with Crippen molar-refractivity contribution in [1.82, 2.24) is 0 Å². The van der Waals surface area contributed by atoms with Crippen LogP contribution >= 0.6 is 0 Å². The van der Waals surface area contributed by atoms with E-state index >= 15 is 0 Å². The third-order valence-electron chi connectivity index (χ3n) is 2.91. The zero-order valence-electron chi connectivity index (χ0n) is 9.11. The van der Waals surface area contributed by atoms with Gasteiger partial charge in [-0.2, -0.15) is 0 Å². The number of nitrogens with zero attached hydrogens (tertiary/aromatic N) is 1. The van der Waals surface area contributed by atoms with Crippen LogP contribution in [-0.4, -0.2) is 24.5 Å². The molecule has 0 unspecified atom stereocenters. The first-order valence-electron chi connectivity index (χ1n) is 4.98. The van der Waals surface area contributed by atoms with E-state index < -0.39 is 11.7 Å². The first kappa shape index (κ1) is 10.5. The van der Waals surface area contributed by atoms with Crippen LogP contribution in [0.4, 0.5) is 5.69 Å². The molecule has 82 valence electrons. The van der Waals surface area contributed by atoms with E-state index in [9.17, 15) is 14.4 Å². The second-order valence-corrected chi connectivity index (χ2v) is 3.82. The van der Waals surface area contributed by atoms with Gasteiger partial charge in [-0.1, -0.05) is 6.07 Å². The van der Waals surface area contributed by atoms with Gasteiger partial charge in [0, 0.05) is 0 Å². The monoisotopic (exact) mass is 217 g/mol. The molecule has 0 N–H and O–H groups in total. The Labute approximate surface area is 92.9 Å². The van der Waals surface area contributed by atoms with Gasteiger partial charge in [0.2, 0.25) is 0 Å². The van der Waals surface area contributed by atoms with E-state index in [-0.39, 0.29) is 6.54 Å². The summed E-state index contributed by atoms with van der Waals surface area (Å²) >= 11 is 0. The van der Waals surface area contributed by atoms with Crippen LogP contribution in [0.1, 0.15) is 21.5 Å². The molecule has 1 aromatic rings. The molecule has 0 fully saturated rings. The lowest BCUT2D eigenvalue weighted by atomic mass is 10.0. The van der Waals surface area contributed by atoms with E-state index in [1.807, 2.05) is 19.9 Å². The molecular formula is C12H11NO3. The van der Waals surface area contributed by atoms with E-state index in [1.54, 1.807) is 6.07 Å². The Morgan fingerprint density at radius 2 is 1.94 bits per heavy atom. The predicted molar refractivity (Wildman–Crippen MR) is 58.7 cm³/mol. The maximum absolute atomic E-state index is 11.6. The van der Waals surface area contributed by atoms with Crippen molar-refractivity contribution in [3.8, 4) is 0 Å². The van der Waals surface area contributed by atoms with E-state index in [4.69, 9.17) is 0 Å². The fourth-order valence-corrected chi connectivity index (χ4v) is 1.92. The third-order valence-corrected chi connectivity index (χ3v) is 2.91. The highest BCUT2D eigenvalue weighted by Crippen LogP contribution is 2.33. The molecule has 0 atom stereocenters. The number of carbonyl (C=O) groups is 3. The van der Waals surface area contributed by atoms with Crippen molar-refractivity contribution in [3.63, 3.8) is 0 Å². The number of carbonyl (C=O) groups excluding carboxylic acids is 3. The van der Waals surface area contributed by atoms with Crippen LogP contribution < -0.4 is 4.90 Å². The van der Waals surface area contributed by atoms with Crippen molar-refractivity contribution in [2.75, 3.05) is 11.4 Å². The van der Waals surface area contributed by atoms with Gasteiger partial charge in [0.15, 0.2) is 0 Å². The van der Waals surface area contributed by atoms with Crippen molar-refractivity contribution in [3.05, 3.63) is 28.8 Å². The molecule has 1 heterocycles. The second kappa shape index (κ2) is 3.56. The largest absolute Gasteiger partial charge is 0.301 e. The van der Waals surface area contributed by atoms with Gasteiger partial charge in [-0.05, 0) is 31.0 Å². The highest BCUT2D eigenvalue weighted by Gasteiger charge is 2.36. The molecule has 4 heteroatoms. The molecule has 0 saturated carbocycles. The van der Waals surface area contributed by atoms with Crippen LogP contribution in [-0.2, 0) is 9.59 Å². The van der Waals surface area contributed by atoms with Crippen LogP contribution in [0.5, 0.6) is 0 Å². The molecule has 1 aromatic carbocycles. The highest BCUT2D eigenvalue weighted by molar-refractivity contribution is 6.52. The highest BCUT2D eigenvalue weighted by atomic mass is 16.2. The summed E-state index contributed by atoms with van der Waals surface area (Å²) in [6.45, 7) is 3.68. The summed E-state index contributed by atoms with van der Waals surface area (Å²) in [5.41, 5.74) is 2.85. The molecule has 1 amide bonds. The van der Waals surface area contributed by atoms with Gasteiger partial charge >= 0.3 is 0 Å². The molecule has 0 aromatic heterocycles. The molecule has 0 aliphatic carbocycles. The summed E-state index contributed by atoms with van der Waals surface area (Å²) in [5.74, 6) is -1.14. The summed E-state index contributed by atoms with van der Waals surface area (Å²) in [6.07, 6.45) is 0.627. The van der Waals surface area contributed by atoms with Gasteiger partial charge in [0.25, 0.3) is 11.7 Å². The molecular weight excluding hydrogens is 206 g/mol. The Kier molecular flexibility index (Phi) is 2.34. The first-order valence-corrected chi connectivity index (χ1v) is 4.98. The Balaban J connectivity index is 2.66. The summed E-state index contributed by atoms with van der Waals surface area (Å²) in [7, 11) is 0. The standard InChI is InChI=1S/C12H11NO3/c1-7-3-4-9-10(8(7)2)13(5-6-14)12(16)11(9)15/h3-4,6H,5H2,1-2H3. The summed E-state index contributed by atoms with van der Waals surface area (Å²) < 4.78 is 0. The number of aldehydes is 1. The summed E-state index contributed by atoms with van der Waals surface area (Å²) in [5, 5.41) is 0. The topological polar surface area (TPSA) is 54.5 Å². The molecule has 0 spiro atoms. The minimum atomic E-state index is -0.615. The normalized spacial score (nSPS) is 14.2. The number of anilines is 1. The predicted octanol–water partition coefficient (Wildman–Crippen LogP) is 1.03. The average molecular weight is 217 g/mol. The molecule has 1 aliphatic rings. The number of hydrogen-bond acceptors (Lipinski definition) is 3. The first-order chi connectivity index (χ1) is 7.57. The number of rotatable bonds is 2. The molecule has 0 bridgehead atoms. The Bertz CT molecular complexity index is 505. The third kappa shape index (κ3) is 1.26. The molecule has 0 saturated heterocycles. The van der Waals surface area contributed by atoms with Crippen molar-refractivity contribution >= 4 is 23.7 Å². The number of aryl methyl sites for hydroxylation is 1. The Morgan fingerprint density at radius 1 is 1.25 bits per heavy atom.